The van der Waals surface area contributed by atoms with Crippen molar-refractivity contribution < 1.29 is 4.52 Å². The van der Waals surface area contributed by atoms with Crippen LogP contribution in [0, 0.1) is 24.2 Å². The third-order valence-corrected chi connectivity index (χ3v) is 2.70. The summed E-state index contributed by atoms with van der Waals surface area (Å²) in [5, 5.41) is 12.5. The van der Waals surface area contributed by atoms with E-state index >= 15 is 0 Å². The van der Waals surface area contributed by atoms with E-state index < -0.39 is 0 Å². The van der Waals surface area contributed by atoms with E-state index in [4.69, 9.17) is 9.78 Å². The molecule has 0 amide bonds. The lowest BCUT2D eigenvalue weighted by Gasteiger charge is -2.27. The molecule has 0 atom stereocenters. The number of hydrogen-bond acceptors (Lipinski definition) is 5. The molecule has 0 aromatic carbocycles. The summed E-state index contributed by atoms with van der Waals surface area (Å²) in [6.45, 7) is 4.41. The molecule has 2 heterocycles. The number of likely N-dealkylation sites (tertiary alicyclic amines) is 1. The summed E-state index contributed by atoms with van der Waals surface area (Å²) in [5.74, 6) is 1.57. The standard InChI is InChI=1S/C10H14N4O/c1-8-12-10(15-13-8)7-14-4-2-9(6-11)3-5-14/h9H,2-5,7H2,1H3. The number of aromatic nitrogens is 2. The fourth-order valence-electron chi connectivity index (χ4n) is 1.82. The van der Waals surface area contributed by atoms with Crippen LogP contribution in [0.5, 0.6) is 0 Å². The molecule has 0 N–H and O–H groups in total. The highest BCUT2D eigenvalue weighted by Gasteiger charge is 2.20. The molecule has 1 aromatic heterocycles. The van der Waals surface area contributed by atoms with Gasteiger partial charge in [-0.25, -0.2) is 0 Å². The molecule has 1 saturated heterocycles. The number of rotatable bonds is 2. The number of nitriles is 1. The summed E-state index contributed by atoms with van der Waals surface area (Å²) in [6.07, 6.45) is 1.90. The van der Waals surface area contributed by atoms with E-state index in [1.165, 1.54) is 0 Å². The first-order valence-electron chi connectivity index (χ1n) is 5.19. The van der Waals surface area contributed by atoms with Crippen LogP contribution in [0.1, 0.15) is 24.6 Å². The number of nitrogens with zero attached hydrogens (tertiary/aromatic N) is 4. The lowest BCUT2D eigenvalue weighted by Crippen LogP contribution is -2.32. The van der Waals surface area contributed by atoms with E-state index in [1.54, 1.807) is 0 Å². The van der Waals surface area contributed by atoms with Crippen LogP contribution in [0.2, 0.25) is 0 Å². The van der Waals surface area contributed by atoms with E-state index in [-0.39, 0.29) is 5.92 Å². The maximum atomic E-state index is 8.76. The third-order valence-electron chi connectivity index (χ3n) is 2.70. The van der Waals surface area contributed by atoms with Gasteiger partial charge in [-0.05, 0) is 32.9 Å². The Balaban J connectivity index is 1.85. The Kier molecular flexibility index (Phi) is 2.97. The second-order valence-corrected chi connectivity index (χ2v) is 3.91. The van der Waals surface area contributed by atoms with Gasteiger partial charge in [0, 0.05) is 5.92 Å². The first-order chi connectivity index (χ1) is 7.28. The summed E-state index contributed by atoms with van der Waals surface area (Å²) in [6, 6.07) is 2.31. The highest BCUT2D eigenvalue weighted by molar-refractivity contribution is 4.89. The van der Waals surface area contributed by atoms with Gasteiger partial charge in [-0.1, -0.05) is 5.16 Å². The lowest BCUT2D eigenvalue weighted by molar-refractivity contribution is 0.175. The third kappa shape index (κ3) is 2.54. The Hall–Kier alpha value is -1.41. The minimum atomic E-state index is 0.227. The molecular weight excluding hydrogens is 192 g/mol. The molecule has 0 aliphatic carbocycles. The monoisotopic (exact) mass is 206 g/mol. The smallest absolute Gasteiger partial charge is 0.240 e. The molecule has 1 aliphatic rings. The molecule has 1 aliphatic heterocycles. The number of hydrogen-bond donors (Lipinski definition) is 0. The number of piperidine rings is 1. The van der Waals surface area contributed by atoms with Crippen molar-refractivity contribution in [2.75, 3.05) is 13.1 Å². The van der Waals surface area contributed by atoms with E-state index in [2.05, 4.69) is 21.1 Å². The van der Waals surface area contributed by atoms with Gasteiger partial charge in [-0.3, -0.25) is 4.90 Å². The second-order valence-electron chi connectivity index (χ2n) is 3.91. The maximum Gasteiger partial charge on any atom is 0.240 e. The van der Waals surface area contributed by atoms with Gasteiger partial charge in [0.15, 0.2) is 5.82 Å². The topological polar surface area (TPSA) is 66.0 Å². The van der Waals surface area contributed by atoms with E-state index in [9.17, 15) is 0 Å². The Morgan fingerprint density at radius 1 is 1.53 bits per heavy atom. The molecule has 1 aromatic rings. The highest BCUT2D eigenvalue weighted by Crippen LogP contribution is 2.17. The van der Waals surface area contributed by atoms with Crippen LogP contribution < -0.4 is 0 Å². The molecule has 5 heteroatoms. The summed E-state index contributed by atoms with van der Waals surface area (Å²) in [7, 11) is 0. The first kappa shape index (κ1) is 10.1. The van der Waals surface area contributed by atoms with Crippen molar-refractivity contribution in [1.82, 2.24) is 15.0 Å². The Morgan fingerprint density at radius 3 is 2.80 bits per heavy atom. The zero-order valence-corrected chi connectivity index (χ0v) is 8.81. The SMILES string of the molecule is Cc1noc(CN2CCC(C#N)CC2)n1. The van der Waals surface area contributed by atoms with Crippen LogP contribution >= 0.6 is 0 Å². The largest absolute Gasteiger partial charge is 0.338 e. The van der Waals surface area contributed by atoms with Crippen LogP contribution in [-0.2, 0) is 6.54 Å². The Bertz CT molecular complexity index is 360. The Morgan fingerprint density at radius 2 is 2.27 bits per heavy atom. The maximum absolute atomic E-state index is 8.76. The zero-order chi connectivity index (χ0) is 10.7. The van der Waals surface area contributed by atoms with E-state index in [0.29, 0.717) is 18.3 Å². The fraction of sp³-hybridized carbons (Fsp3) is 0.700. The van der Waals surface area contributed by atoms with Crippen LogP contribution in [0.25, 0.3) is 0 Å². The molecule has 0 radical (unpaired) electrons. The van der Waals surface area contributed by atoms with Crippen molar-refractivity contribution in [3.63, 3.8) is 0 Å². The molecule has 0 saturated carbocycles. The fourth-order valence-corrected chi connectivity index (χ4v) is 1.82. The highest BCUT2D eigenvalue weighted by atomic mass is 16.5. The minimum Gasteiger partial charge on any atom is -0.338 e. The lowest BCUT2D eigenvalue weighted by atomic mass is 9.99. The van der Waals surface area contributed by atoms with Gasteiger partial charge >= 0.3 is 0 Å². The van der Waals surface area contributed by atoms with E-state index in [1.807, 2.05) is 6.92 Å². The van der Waals surface area contributed by atoms with Crippen molar-refractivity contribution >= 4 is 0 Å². The predicted octanol–water partition coefficient (Wildman–Crippen LogP) is 1.11. The Labute approximate surface area is 88.7 Å². The van der Waals surface area contributed by atoms with Crippen molar-refractivity contribution in [1.29, 1.82) is 5.26 Å². The molecule has 2 rings (SSSR count). The summed E-state index contributed by atoms with van der Waals surface area (Å²) in [5.41, 5.74) is 0. The zero-order valence-electron chi connectivity index (χ0n) is 8.81. The number of aryl methyl sites for hydroxylation is 1. The summed E-state index contributed by atoms with van der Waals surface area (Å²) >= 11 is 0. The van der Waals surface area contributed by atoms with Crippen LogP contribution in [0.15, 0.2) is 4.52 Å². The van der Waals surface area contributed by atoms with Gasteiger partial charge < -0.3 is 4.52 Å². The molecule has 15 heavy (non-hydrogen) atoms. The van der Waals surface area contributed by atoms with Crippen molar-refractivity contribution in [3.05, 3.63) is 11.7 Å². The van der Waals surface area contributed by atoms with Crippen LogP contribution in [0.3, 0.4) is 0 Å². The quantitative estimate of drug-likeness (QED) is 0.725. The van der Waals surface area contributed by atoms with Gasteiger partial charge in [0.05, 0.1) is 12.6 Å². The van der Waals surface area contributed by atoms with Crippen molar-refractivity contribution in [2.45, 2.75) is 26.3 Å². The van der Waals surface area contributed by atoms with Gasteiger partial charge in [0.2, 0.25) is 5.89 Å². The summed E-state index contributed by atoms with van der Waals surface area (Å²) < 4.78 is 5.05. The molecule has 0 unspecified atom stereocenters. The molecular formula is C10H14N4O. The van der Waals surface area contributed by atoms with Gasteiger partial charge in [-0.15, -0.1) is 0 Å². The average Bonchev–Trinajstić information content (AvgIpc) is 2.65. The predicted molar refractivity (Wildman–Crippen MR) is 52.6 cm³/mol. The second kappa shape index (κ2) is 4.41. The molecule has 0 bridgehead atoms. The molecule has 5 nitrogen and oxygen atoms in total. The molecule has 1 fully saturated rings. The molecule has 80 valence electrons. The van der Waals surface area contributed by atoms with E-state index in [0.717, 1.165) is 25.9 Å². The van der Waals surface area contributed by atoms with Gasteiger partial charge in [-0.2, -0.15) is 10.2 Å². The first-order valence-corrected chi connectivity index (χ1v) is 5.19. The van der Waals surface area contributed by atoms with Gasteiger partial charge in [0.25, 0.3) is 0 Å². The van der Waals surface area contributed by atoms with Crippen LogP contribution in [-0.4, -0.2) is 28.1 Å². The van der Waals surface area contributed by atoms with Crippen molar-refractivity contribution in [2.24, 2.45) is 5.92 Å². The normalized spacial score (nSPS) is 18.9. The average molecular weight is 206 g/mol. The van der Waals surface area contributed by atoms with Gasteiger partial charge in [0.1, 0.15) is 0 Å². The summed E-state index contributed by atoms with van der Waals surface area (Å²) in [4.78, 5) is 6.41. The van der Waals surface area contributed by atoms with Crippen LogP contribution in [0.4, 0.5) is 0 Å². The van der Waals surface area contributed by atoms with Crippen molar-refractivity contribution in [3.8, 4) is 6.07 Å². The molecule has 0 spiro atoms. The minimum absolute atomic E-state index is 0.227.